The molecule has 1 aliphatic rings. The van der Waals surface area contributed by atoms with E-state index in [4.69, 9.17) is 0 Å². The largest absolute Gasteiger partial charge is 0.274 e. The Hall–Kier alpha value is -0.880. The first kappa shape index (κ1) is 11.6. The van der Waals surface area contributed by atoms with Crippen LogP contribution in [-0.2, 0) is 17.1 Å². The maximum atomic E-state index is 12.2. The summed E-state index contributed by atoms with van der Waals surface area (Å²) in [5, 5.41) is 3.91. The van der Waals surface area contributed by atoms with Gasteiger partial charge in [0.2, 0.25) is 10.0 Å². The highest BCUT2D eigenvalue weighted by molar-refractivity contribution is 7.89. The van der Waals surface area contributed by atoms with Crippen LogP contribution in [0.15, 0.2) is 17.3 Å². The summed E-state index contributed by atoms with van der Waals surface area (Å²) in [7, 11) is -1.60. The summed E-state index contributed by atoms with van der Waals surface area (Å²) in [5.74, 6) is 0.445. The van der Waals surface area contributed by atoms with Gasteiger partial charge < -0.3 is 0 Å². The summed E-state index contributed by atoms with van der Waals surface area (Å²) < 4.78 is 27.5. The number of piperidine rings is 1. The van der Waals surface area contributed by atoms with Crippen molar-refractivity contribution in [3.8, 4) is 0 Å². The fourth-order valence-electron chi connectivity index (χ4n) is 2.05. The van der Waals surface area contributed by atoms with Crippen LogP contribution >= 0.6 is 0 Å². The van der Waals surface area contributed by atoms with Gasteiger partial charge in [-0.3, -0.25) is 4.68 Å². The van der Waals surface area contributed by atoms with Crippen LogP contribution in [0.2, 0.25) is 0 Å². The van der Waals surface area contributed by atoms with Gasteiger partial charge in [-0.2, -0.15) is 9.40 Å². The Bertz CT molecular complexity index is 466. The monoisotopic (exact) mass is 243 g/mol. The highest BCUT2D eigenvalue weighted by atomic mass is 32.2. The van der Waals surface area contributed by atoms with Crippen molar-refractivity contribution in [3.63, 3.8) is 0 Å². The summed E-state index contributed by atoms with van der Waals surface area (Å²) in [6, 6.07) is 0. The highest BCUT2D eigenvalue weighted by Gasteiger charge is 2.29. The summed E-state index contributed by atoms with van der Waals surface area (Å²) in [6.45, 7) is 3.34. The third-order valence-electron chi connectivity index (χ3n) is 2.94. The quantitative estimate of drug-likeness (QED) is 0.773. The van der Waals surface area contributed by atoms with Crippen molar-refractivity contribution in [2.45, 2.75) is 24.7 Å². The molecular weight excluding hydrogens is 226 g/mol. The lowest BCUT2D eigenvalue weighted by Gasteiger charge is -2.29. The molecule has 5 nitrogen and oxygen atoms in total. The molecule has 16 heavy (non-hydrogen) atoms. The predicted molar refractivity (Wildman–Crippen MR) is 60.4 cm³/mol. The van der Waals surface area contributed by atoms with Crippen molar-refractivity contribution in [2.24, 2.45) is 13.0 Å². The maximum absolute atomic E-state index is 12.2. The normalized spacial score (nSPS) is 23.5. The molecule has 0 spiro atoms. The molecule has 0 saturated carbocycles. The molecule has 6 heteroatoms. The summed E-state index contributed by atoms with van der Waals surface area (Å²) >= 11 is 0. The molecular formula is C10H17N3O2S. The van der Waals surface area contributed by atoms with E-state index in [-0.39, 0.29) is 0 Å². The highest BCUT2D eigenvalue weighted by Crippen LogP contribution is 2.22. The number of hydrogen-bond acceptors (Lipinski definition) is 3. The van der Waals surface area contributed by atoms with Crippen LogP contribution in [0.1, 0.15) is 19.8 Å². The maximum Gasteiger partial charge on any atom is 0.246 e. The Kier molecular flexibility index (Phi) is 3.03. The Morgan fingerprint density at radius 2 is 2.25 bits per heavy atom. The molecule has 1 aromatic heterocycles. The second-order valence-electron chi connectivity index (χ2n) is 4.46. The first-order valence-corrected chi connectivity index (χ1v) is 6.93. The molecule has 0 radical (unpaired) electrons. The smallest absolute Gasteiger partial charge is 0.246 e. The molecule has 0 aromatic carbocycles. The average molecular weight is 243 g/mol. The molecule has 1 aliphatic heterocycles. The zero-order valence-electron chi connectivity index (χ0n) is 9.63. The number of aromatic nitrogens is 2. The van der Waals surface area contributed by atoms with Crippen LogP contribution in [-0.4, -0.2) is 35.6 Å². The third kappa shape index (κ3) is 2.12. The summed E-state index contributed by atoms with van der Waals surface area (Å²) in [5.41, 5.74) is 0. The summed E-state index contributed by atoms with van der Waals surface area (Å²) in [4.78, 5) is 0.295. The van der Waals surface area contributed by atoms with Gasteiger partial charge >= 0.3 is 0 Å². The molecule has 1 saturated heterocycles. The first-order valence-electron chi connectivity index (χ1n) is 5.49. The second-order valence-corrected chi connectivity index (χ2v) is 6.40. The van der Waals surface area contributed by atoms with Gasteiger partial charge in [0.15, 0.2) is 0 Å². The molecule has 2 rings (SSSR count). The van der Waals surface area contributed by atoms with Gasteiger partial charge in [-0.15, -0.1) is 0 Å². The van der Waals surface area contributed by atoms with E-state index in [1.165, 1.54) is 10.9 Å². The van der Waals surface area contributed by atoms with E-state index in [0.717, 1.165) is 12.8 Å². The fourth-order valence-corrected chi connectivity index (χ4v) is 3.63. The SMILES string of the molecule is C[C@@H]1CCCN(S(=O)(=O)c2cnn(C)c2)C1. The third-order valence-corrected chi connectivity index (χ3v) is 4.76. The zero-order valence-corrected chi connectivity index (χ0v) is 10.4. The van der Waals surface area contributed by atoms with Crippen LogP contribution in [0.4, 0.5) is 0 Å². The van der Waals surface area contributed by atoms with Gasteiger partial charge in [-0.1, -0.05) is 6.92 Å². The molecule has 0 N–H and O–H groups in total. The molecule has 0 amide bonds. The van der Waals surface area contributed by atoms with Gasteiger partial charge in [0.1, 0.15) is 4.90 Å². The van der Waals surface area contributed by atoms with E-state index in [0.29, 0.717) is 23.9 Å². The van der Waals surface area contributed by atoms with Gasteiger partial charge in [0.25, 0.3) is 0 Å². The topological polar surface area (TPSA) is 55.2 Å². The van der Waals surface area contributed by atoms with Crippen molar-refractivity contribution in [3.05, 3.63) is 12.4 Å². The van der Waals surface area contributed by atoms with Crippen LogP contribution in [0.25, 0.3) is 0 Å². The molecule has 0 bridgehead atoms. The molecule has 1 atom stereocenters. The van der Waals surface area contributed by atoms with E-state index in [2.05, 4.69) is 12.0 Å². The van der Waals surface area contributed by atoms with E-state index in [9.17, 15) is 8.42 Å². The number of rotatable bonds is 2. The Labute approximate surface area is 96.1 Å². The molecule has 90 valence electrons. The van der Waals surface area contributed by atoms with E-state index in [1.54, 1.807) is 17.5 Å². The number of nitrogens with zero attached hydrogens (tertiary/aromatic N) is 3. The van der Waals surface area contributed by atoms with Crippen LogP contribution in [0.5, 0.6) is 0 Å². The van der Waals surface area contributed by atoms with Crippen LogP contribution in [0, 0.1) is 5.92 Å². The lowest BCUT2D eigenvalue weighted by atomic mass is 10.0. The summed E-state index contributed by atoms with van der Waals surface area (Å²) in [6.07, 6.45) is 5.02. The second kappa shape index (κ2) is 4.18. The number of sulfonamides is 1. The minimum absolute atomic E-state index is 0.295. The molecule has 2 heterocycles. The molecule has 1 aromatic rings. The number of aryl methyl sites for hydroxylation is 1. The van der Waals surface area contributed by atoms with Crippen LogP contribution in [0.3, 0.4) is 0 Å². The Balaban J connectivity index is 2.25. The van der Waals surface area contributed by atoms with Crippen molar-refractivity contribution in [1.29, 1.82) is 0 Å². The Morgan fingerprint density at radius 3 is 2.81 bits per heavy atom. The predicted octanol–water partition coefficient (Wildman–Crippen LogP) is 0.841. The van der Waals surface area contributed by atoms with E-state index >= 15 is 0 Å². The first-order chi connectivity index (χ1) is 7.50. The number of hydrogen-bond donors (Lipinski definition) is 0. The van der Waals surface area contributed by atoms with Crippen molar-refractivity contribution >= 4 is 10.0 Å². The van der Waals surface area contributed by atoms with Gasteiger partial charge in [0, 0.05) is 26.3 Å². The zero-order chi connectivity index (χ0) is 11.8. The van der Waals surface area contributed by atoms with Crippen molar-refractivity contribution in [1.82, 2.24) is 14.1 Å². The molecule has 0 aliphatic carbocycles. The van der Waals surface area contributed by atoms with Gasteiger partial charge in [-0.25, -0.2) is 8.42 Å². The average Bonchev–Trinajstić information content (AvgIpc) is 2.65. The molecule has 1 fully saturated rings. The lowest BCUT2D eigenvalue weighted by Crippen LogP contribution is -2.38. The standard InChI is InChI=1S/C10H17N3O2S/c1-9-4-3-5-13(7-9)16(14,15)10-6-11-12(2)8-10/h6,8-9H,3-5,7H2,1-2H3/t9-/m1/s1. The van der Waals surface area contributed by atoms with E-state index < -0.39 is 10.0 Å². The minimum atomic E-state index is -3.32. The Morgan fingerprint density at radius 1 is 1.50 bits per heavy atom. The van der Waals surface area contributed by atoms with Crippen molar-refractivity contribution in [2.75, 3.05) is 13.1 Å². The van der Waals surface area contributed by atoms with Crippen molar-refractivity contribution < 1.29 is 8.42 Å². The minimum Gasteiger partial charge on any atom is -0.274 e. The molecule has 0 unspecified atom stereocenters. The fraction of sp³-hybridized carbons (Fsp3) is 0.700. The van der Waals surface area contributed by atoms with Gasteiger partial charge in [0.05, 0.1) is 6.20 Å². The van der Waals surface area contributed by atoms with Crippen LogP contribution < -0.4 is 0 Å². The van der Waals surface area contributed by atoms with E-state index in [1.807, 2.05) is 0 Å². The lowest BCUT2D eigenvalue weighted by molar-refractivity contribution is 0.281. The van der Waals surface area contributed by atoms with Gasteiger partial charge in [-0.05, 0) is 18.8 Å².